The molecule has 20 heavy (non-hydrogen) atoms. The van der Waals surface area contributed by atoms with Gasteiger partial charge in [-0.3, -0.25) is 4.99 Å². The van der Waals surface area contributed by atoms with Gasteiger partial charge < -0.3 is 15.1 Å². The number of hydrogen-bond donors (Lipinski definition) is 2. The second kappa shape index (κ2) is 8.46. The van der Waals surface area contributed by atoms with Gasteiger partial charge in [-0.25, -0.2) is 0 Å². The van der Waals surface area contributed by atoms with Gasteiger partial charge in [0.25, 0.3) is 0 Å². The van der Waals surface area contributed by atoms with Crippen LogP contribution in [0.15, 0.2) is 40.0 Å². The average molecular weight is 275 g/mol. The Morgan fingerprint density at radius 1 is 1.40 bits per heavy atom. The molecule has 0 saturated carbocycles. The Morgan fingerprint density at radius 3 is 2.95 bits per heavy atom. The first-order valence-electron chi connectivity index (χ1n) is 7.60. The minimum absolute atomic E-state index is 0.492. The Bertz CT molecular complexity index is 415. The van der Waals surface area contributed by atoms with E-state index in [0.29, 0.717) is 6.04 Å². The highest BCUT2D eigenvalue weighted by atomic mass is 16.3. The maximum atomic E-state index is 5.34. The normalized spacial score (nSPS) is 15.8. The van der Waals surface area contributed by atoms with Crippen molar-refractivity contribution in [3.63, 3.8) is 0 Å². The smallest absolute Gasteiger partial charge is 0.191 e. The molecular weight excluding hydrogens is 250 g/mol. The van der Waals surface area contributed by atoms with Crippen molar-refractivity contribution in [1.82, 2.24) is 10.6 Å². The highest BCUT2D eigenvalue weighted by molar-refractivity contribution is 5.80. The predicted octanol–water partition coefficient (Wildman–Crippen LogP) is 2.88. The molecule has 0 bridgehead atoms. The van der Waals surface area contributed by atoms with Gasteiger partial charge in [-0.05, 0) is 31.4 Å². The monoisotopic (exact) mass is 275 g/mol. The number of aliphatic imine (C=N–C) groups is 1. The van der Waals surface area contributed by atoms with Crippen molar-refractivity contribution in [2.75, 3.05) is 13.1 Å². The van der Waals surface area contributed by atoms with Gasteiger partial charge in [0, 0.05) is 25.6 Å². The van der Waals surface area contributed by atoms with E-state index in [2.05, 4.69) is 34.7 Å². The molecule has 2 N–H and O–H groups in total. The van der Waals surface area contributed by atoms with Crippen molar-refractivity contribution in [2.45, 2.75) is 45.1 Å². The third kappa shape index (κ3) is 5.11. The molecule has 1 aliphatic carbocycles. The van der Waals surface area contributed by atoms with Crippen LogP contribution < -0.4 is 10.6 Å². The van der Waals surface area contributed by atoms with Gasteiger partial charge in [0.2, 0.25) is 0 Å². The van der Waals surface area contributed by atoms with E-state index in [9.17, 15) is 0 Å². The Labute approximate surface area is 121 Å². The molecule has 0 aromatic carbocycles. The molecule has 4 heteroatoms. The van der Waals surface area contributed by atoms with Gasteiger partial charge in [0.1, 0.15) is 5.76 Å². The van der Waals surface area contributed by atoms with Gasteiger partial charge in [-0.1, -0.05) is 25.5 Å². The SMILES string of the molecule is CCCCN=C(NCCc1ccco1)NC1CC=CC1. The van der Waals surface area contributed by atoms with Crippen LogP contribution in [0.5, 0.6) is 0 Å². The van der Waals surface area contributed by atoms with Crippen molar-refractivity contribution in [3.05, 3.63) is 36.3 Å². The Hall–Kier alpha value is -1.71. The fourth-order valence-electron chi connectivity index (χ4n) is 2.19. The Kier molecular flexibility index (Phi) is 6.21. The molecule has 0 aliphatic heterocycles. The lowest BCUT2D eigenvalue weighted by Gasteiger charge is -2.17. The highest BCUT2D eigenvalue weighted by Crippen LogP contribution is 2.08. The summed E-state index contributed by atoms with van der Waals surface area (Å²) < 4.78 is 5.34. The first-order valence-corrected chi connectivity index (χ1v) is 7.60. The fourth-order valence-corrected chi connectivity index (χ4v) is 2.19. The largest absolute Gasteiger partial charge is 0.469 e. The van der Waals surface area contributed by atoms with E-state index in [4.69, 9.17) is 4.42 Å². The number of nitrogens with zero attached hydrogens (tertiary/aromatic N) is 1. The maximum absolute atomic E-state index is 5.34. The summed E-state index contributed by atoms with van der Waals surface area (Å²) in [6, 6.07) is 4.42. The summed E-state index contributed by atoms with van der Waals surface area (Å²) in [6.45, 7) is 3.91. The summed E-state index contributed by atoms with van der Waals surface area (Å²) in [6.07, 6.45) is 11.5. The van der Waals surface area contributed by atoms with Crippen LogP contribution >= 0.6 is 0 Å². The van der Waals surface area contributed by atoms with E-state index >= 15 is 0 Å². The summed E-state index contributed by atoms with van der Waals surface area (Å²) in [5.41, 5.74) is 0. The fraction of sp³-hybridized carbons (Fsp3) is 0.562. The molecule has 0 radical (unpaired) electrons. The van der Waals surface area contributed by atoms with Gasteiger partial charge in [-0.15, -0.1) is 0 Å². The Balaban J connectivity index is 1.76. The zero-order chi connectivity index (χ0) is 14.0. The maximum Gasteiger partial charge on any atom is 0.191 e. The zero-order valence-electron chi connectivity index (χ0n) is 12.3. The molecule has 0 unspecified atom stereocenters. The van der Waals surface area contributed by atoms with Crippen molar-refractivity contribution in [1.29, 1.82) is 0 Å². The standard InChI is InChI=1S/C16H25N3O/c1-2-3-11-17-16(19-14-7-4-5-8-14)18-12-10-15-9-6-13-20-15/h4-6,9,13-14H,2-3,7-8,10-12H2,1H3,(H2,17,18,19). The summed E-state index contributed by atoms with van der Waals surface area (Å²) in [5.74, 6) is 1.94. The lowest BCUT2D eigenvalue weighted by Crippen LogP contribution is -2.43. The molecule has 0 saturated heterocycles. The van der Waals surface area contributed by atoms with Crippen LogP contribution in [-0.2, 0) is 6.42 Å². The van der Waals surface area contributed by atoms with Gasteiger partial charge >= 0.3 is 0 Å². The van der Waals surface area contributed by atoms with Crippen LogP contribution in [0, 0.1) is 0 Å². The minimum atomic E-state index is 0.492. The lowest BCUT2D eigenvalue weighted by atomic mass is 10.2. The molecule has 110 valence electrons. The molecular formula is C16H25N3O. The predicted molar refractivity (Wildman–Crippen MR) is 82.9 cm³/mol. The summed E-state index contributed by atoms with van der Waals surface area (Å²) in [4.78, 5) is 4.63. The van der Waals surface area contributed by atoms with Gasteiger partial charge in [0.15, 0.2) is 5.96 Å². The van der Waals surface area contributed by atoms with E-state index in [1.165, 1.54) is 6.42 Å². The topological polar surface area (TPSA) is 49.6 Å². The zero-order valence-corrected chi connectivity index (χ0v) is 12.3. The van der Waals surface area contributed by atoms with Crippen LogP contribution in [0.2, 0.25) is 0 Å². The number of nitrogens with one attached hydrogen (secondary N) is 2. The molecule has 1 aliphatic rings. The van der Waals surface area contributed by atoms with E-state index in [0.717, 1.165) is 50.5 Å². The first-order chi connectivity index (χ1) is 9.88. The number of furan rings is 1. The van der Waals surface area contributed by atoms with E-state index in [1.807, 2.05) is 12.1 Å². The third-order valence-corrected chi connectivity index (χ3v) is 3.37. The van der Waals surface area contributed by atoms with Crippen molar-refractivity contribution >= 4 is 5.96 Å². The van der Waals surface area contributed by atoms with E-state index in [1.54, 1.807) is 6.26 Å². The van der Waals surface area contributed by atoms with Crippen LogP contribution in [0.25, 0.3) is 0 Å². The molecule has 0 atom stereocenters. The van der Waals surface area contributed by atoms with Crippen LogP contribution in [0.4, 0.5) is 0 Å². The lowest BCUT2D eigenvalue weighted by molar-refractivity contribution is 0.506. The van der Waals surface area contributed by atoms with Crippen LogP contribution in [0.3, 0.4) is 0 Å². The molecule has 0 amide bonds. The average Bonchev–Trinajstić information content (AvgIpc) is 3.12. The highest BCUT2D eigenvalue weighted by Gasteiger charge is 2.11. The van der Waals surface area contributed by atoms with Crippen molar-refractivity contribution in [2.24, 2.45) is 4.99 Å². The number of hydrogen-bond acceptors (Lipinski definition) is 2. The quantitative estimate of drug-likeness (QED) is 0.348. The molecule has 1 heterocycles. The van der Waals surface area contributed by atoms with Crippen molar-refractivity contribution < 1.29 is 4.42 Å². The first kappa shape index (κ1) is 14.7. The molecule has 1 aromatic heterocycles. The third-order valence-electron chi connectivity index (χ3n) is 3.37. The minimum Gasteiger partial charge on any atom is -0.469 e. The summed E-state index contributed by atoms with van der Waals surface area (Å²) >= 11 is 0. The van der Waals surface area contributed by atoms with Crippen LogP contribution in [0.1, 0.15) is 38.4 Å². The van der Waals surface area contributed by atoms with E-state index < -0.39 is 0 Å². The molecule has 0 spiro atoms. The molecule has 0 fully saturated rings. The summed E-state index contributed by atoms with van der Waals surface area (Å²) in [5, 5.41) is 6.90. The number of unbranched alkanes of at least 4 members (excludes halogenated alkanes) is 1. The Morgan fingerprint density at radius 2 is 2.25 bits per heavy atom. The van der Waals surface area contributed by atoms with Gasteiger partial charge in [0.05, 0.1) is 6.26 Å². The second-order valence-electron chi connectivity index (χ2n) is 5.12. The molecule has 4 nitrogen and oxygen atoms in total. The second-order valence-corrected chi connectivity index (χ2v) is 5.12. The van der Waals surface area contributed by atoms with Gasteiger partial charge in [-0.2, -0.15) is 0 Å². The summed E-state index contributed by atoms with van der Waals surface area (Å²) in [7, 11) is 0. The molecule has 1 aromatic rings. The molecule has 2 rings (SSSR count). The van der Waals surface area contributed by atoms with Crippen molar-refractivity contribution in [3.8, 4) is 0 Å². The number of rotatable bonds is 7. The van der Waals surface area contributed by atoms with Crippen LogP contribution in [-0.4, -0.2) is 25.1 Å². The van der Waals surface area contributed by atoms with E-state index in [-0.39, 0.29) is 0 Å². The number of guanidine groups is 1.